The molecule has 0 amide bonds. The van der Waals surface area contributed by atoms with Gasteiger partial charge in [-0.3, -0.25) is 14.4 Å². The van der Waals surface area contributed by atoms with Crippen LogP contribution in [0, 0.1) is 0 Å². The molecule has 0 aromatic carbocycles. The molecule has 3 aliphatic heterocycles. The summed E-state index contributed by atoms with van der Waals surface area (Å²) in [5.41, 5.74) is -0.627. The van der Waals surface area contributed by atoms with Gasteiger partial charge in [0.2, 0.25) is 17.2 Å². The van der Waals surface area contributed by atoms with Gasteiger partial charge in [-0.2, -0.15) is 0 Å². The third kappa shape index (κ3) is 3.53. The van der Waals surface area contributed by atoms with Gasteiger partial charge in [-0.05, 0) is 44.9 Å². The summed E-state index contributed by atoms with van der Waals surface area (Å²) in [7, 11) is 0. The fourth-order valence-corrected chi connectivity index (χ4v) is 4.59. The number of ketones is 2. The van der Waals surface area contributed by atoms with Crippen LogP contribution in [0.2, 0.25) is 0 Å². The zero-order chi connectivity index (χ0) is 23.2. The SMILES string of the molecule is C/C=C/C=C/C1=C2C3=CC(=O)[C@@](C)(OC(=O)C[C@H](C)O)C(=O)C3=CN3CC[C@H](O)[C@H](O1)[C@@H]23. The van der Waals surface area contributed by atoms with E-state index < -0.39 is 41.4 Å². The maximum absolute atomic E-state index is 13.5. The molecule has 2 N–H and O–H groups in total. The van der Waals surface area contributed by atoms with Crippen LogP contribution in [0.5, 0.6) is 0 Å². The Balaban J connectivity index is 1.79. The van der Waals surface area contributed by atoms with E-state index in [0.29, 0.717) is 29.9 Å². The summed E-state index contributed by atoms with van der Waals surface area (Å²) in [5.74, 6) is -1.59. The number of carbonyl (C=O) groups is 3. The highest BCUT2D eigenvalue weighted by Gasteiger charge is 2.55. The molecule has 5 atom stereocenters. The monoisotopic (exact) mass is 441 g/mol. The molecule has 8 nitrogen and oxygen atoms in total. The van der Waals surface area contributed by atoms with Crippen molar-refractivity contribution in [3.63, 3.8) is 0 Å². The van der Waals surface area contributed by atoms with E-state index in [4.69, 9.17) is 9.47 Å². The van der Waals surface area contributed by atoms with Crippen LogP contribution >= 0.6 is 0 Å². The Labute approximate surface area is 186 Å². The van der Waals surface area contributed by atoms with Crippen LogP contribution in [-0.4, -0.2) is 69.1 Å². The molecule has 32 heavy (non-hydrogen) atoms. The van der Waals surface area contributed by atoms with Gasteiger partial charge < -0.3 is 24.6 Å². The van der Waals surface area contributed by atoms with Crippen LogP contribution in [0.1, 0.15) is 33.6 Å². The quantitative estimate of drug-likeness (QED) is 0.372. The first-order valence-corrected chi connectivity index (χ1v) is 10.7. The van der Waals surface area contributed by atoms with Crippen LogP contribution in [0.15, 0.2) is 59.1 Å². The number of allylic oxidation sites excluding steroid dienone is 4. The van der Waals surface area contributed by atoms with Gasteiger partial charge in [0.15, 0.2) is 0 Å². The average Bonchev–Trinajstić information content (AvgIpc) is 3.11. The van der Waals surface area contributed by atoms with Crippen molar-refractivity contribution < 1.29 is 34.1 Å². The van der Waals surface area contributed by atoms with Gasteiger partial charge in [0.05, 0.1) is 24.7 Å². The number of Topliss-reactive ketones (excluding diaryl/α,β-unsaturated/α-hetero) is 1. The normalized spacial score (nSPS) is 32.5. The Hall–Kier alpha value is -2.97. The number of hydrogen-bond donors (Lipinski definition) is 2. The number of nitrogens with zero attached hydrogens (tertiary/aromatic N) is 1. The first kappa shape index (κ1) is 22.2. The highest BCUT2D eigenvalue weighted by molar-refractivity contribution is 6.26. The van der Waals surface area contributed by atoms with Crippen LogP contribution < -0.4 is 0 Å². The number of esters is 1. The Morgan fingerprint density at radius 3 is 2.81 bits per heavy atom. The average molecular weight is 441 g/mol. The van der Waals surface area contributed by atoms with Crippen molar-refractivity contribution in [1.29, 1.82) is 0 Å². The number of piperidine rings is 1. The predicted molar refractivity (Wildman–Crippen MR) is 114 cm³/mol. The molecule has 0 aromatic rings. The summed E-state index contributed by atoms with van der Waals surface area (Å²) in [6, 6.07) is -0.318. The Kier molecular flexibility index (Phi) is 5.68. The van der Waals surface area contributed by atoms with Gasteiger partial charge in [-0.15, -0.1) is 0 Å². The van der Waals surface area contributed by atoms with E-state index in [-0.39, 0.29) is 18.0 Å². The summed E-state index contributed by atoms with van der Waals surface area (Å²) >= 11 is 0. The van der Waals surface area contributed by atoms with Crippen LogP contribution in [0.3, 0.4) is 0 Å². The number of carbonyl (C=O) groups excluding carboxylic acids is 3. The van der Waals surface area contributed by atoms with Crippen molar-refractivity contribution in [2.24, 2.45) is 0 Å². The lowest BCUT2D eigenvalue weighted by Crippen LogP contribution is -2.56. The van der Waals surface area contributed by atoms with Gasteiger partial charge in [-0.1, -0.05) is 18.2 Å². The second kappa shape index (κ2) is 8.18. The number of aliphatic hydroxyl groups excluding tert-OH is 2. The summed E-state index contributed by atoms with van der Waals surface area (Å²) in [5, 5.41) is 20.0. The minimum Gasteiger partial charge on any atom is -0.485 e. The van der Waals surface area contributed by atoms with E-state index in [9.17, 15) is 24.6 Å². The highest BCUT2D eigenvalue weighted by Crippen LogP contribution is 2.47. The van der Waals surface area contributed by atoms with E-state index in [1.165, 1.54) is 19.9 Å². The van der Waals surface area contributed by atoms with E-state index in [2.05, 4.69) is 0 Å². The molecule has 0 spiro atoms. The lowest BCUT2D eigenvalue weighted by Gasteiger charge is -2.44. The highest BCUT2D eigenvalue weighted by atomic mass is 16.6. The molecule has 0 unspecified atom stereocenters. The Morgan fingerprint density at radius 1 is 1.38 bits per heavy atom. The topological polar surface area (TPSA) is 113 Å². The Morgan fingerprint density at radius 2 is 2.12 bits per heavy atom. The van der Waals surface area contributed by atoms with Gasteiger partial charge in [-0.25, -0.2) is 0 Å². The number of ether oxygens (including phenoxy) is 2. The molecule has 1 aliphatic carbocycles. The molecule has 0 aromatic heterocycles. The van der Waals surface area contributed by atoms with Crippen molar-refractivity contribution in [2.45, 2.75) is 63.6 Å². The molecule has 1 fully saturated rings. The van der Waals surface area contributed by atoms with Crippen molar-refractivity contribution >= 4 is 17.5 Å². The smallest absolute Gasteiger partial charge is 0.309 e. The van der Waals surface area contributed by atoms with E-state index in [1.807, 2.05) is 24.0 Å². The zero-order valence-electron chi connectivity index (χ0n) is 18.3. The molecular weight excluding hydrogens is 414 g/mol. The van der Waals surface area contributed by atoms with Crippen molar-refractivity contribution in [3.05, 3.63) is 59.1 Å². The molecular formula is C24H27NO7. The van der Waals surface area contributed by atoms with Crippen LogP contribution in [-0.2, 0) is 23.9 Å². The molecule has 1 saturated heterocycles. The molecule has 0 saturated carbocycles. The summed E-state index contributed by atoms with van der Waals surface area (Å²) in [4.78, 5) is 40.6. The number of rotatable bonds is 5. The standard InChI is InChI=1S/C24H27NO7/c1-4-5-6-7-17-20-14-11-18(28)24(3,32-19(29)10-13(2)26)23(30)15(14)12-25-9-8-16(27)22(31-17)21(20)25/h4-7,11-13,16,21-22,26-27H,8-10H2,1-3H3/b5-4+,7-6+/t13-,16-,21+,22-,24+/m0/s1. The third-order valence-electron chi connectivity index (χ3n) is 6.19. The molecule has 4 aliphatic rings. The Bertz CT molecular complexity index is 1020. The lowest BCUT2D eigenvalue weighted by atomic mass is 9.73. The van der Waals surface area contributed by atoms with Crippen molar-refractivity contribution in [3.8, 4) is 0 Å². The minimum absolute atomic E-state index is 0.265. The van der Waals surface area contributed by atoms with Gasteiger partial charge in [0, 0.05) is 23.9 Å². The maximum Gasteiger partial charge on any atom is 0.309 e. The second-order valence-corrected chi connectivity index (χ2v) is 8.64. The van der Waals surface area contributed by atoms with E-state index in [1.54, 1.807) is 18.4 Å². The number of aliphatic hydroxyl groups is 2. The fraction of sp³-hybridized carbons (Fsp3) is 0.458. The van der Waals surface area contributed by atoms with Crippen LogP contribution in [0.4, 0.5) is 0 Å². The molecule has 8 heteroatoms. The molecule has 170 valence electrons. The second-order valence-electron chi connectivity index (χ2n) is 8.64. The van der Waals surface area contributed by atoms with Crippen LogP contribution in [0.25, 0.3) is 0 Å². The fourth-order valence-electron chi connectivity index (χ4n) is 4.59. The maximum atomic E-state index is 13.5. The van der Waals surface area contributed by atoms with Gasteiger partial charge in [0.25, 0.3) is 0 Å². The molecule has 0 radical (unpaired) electrons. The summed E-state index contributed by atoms with van der Waals surface area (Å²) < 4.78 is 11.4. The summed E-state index contributed by atoms with van der Waals surface area (Å²) in [6.07, 6.45) is 8.26. The first-order valence-electron chi connectivity index (χ1n) is 10.7. The number of fused-ring (bicyclic) bond motifs is 2. The van der Waals surface area contributed by atoms with Gasteiger partial charge in [0.1, 0.15) is 11.9 Å². The van der Waals surface area contributed by atoms with E-state index >= 15 is 0 Å². The molecule has 4 rings (SSSR count). The first-order chi connectivity index (χ1) is 15.2. The molecule has 3 heterocycles. The third-order valence-corrected chi connectivity index (χ3v) is 6.19. The van der Waals surface area contributed by atoms with Crippen molar-refractivity contribution in [1.82, 2.24) is 4.90 Å². The minimum atomic E-state index is -2.00. The van der Waals surface area contributed by atoms with Crippen molar-refractivity contribution in [2.75, 3.05) is 6.54 Å². The lowest BCUT2D eigenvalue weighted by molar-refractivity contribution is -0.170. The summed E-state index contributed by atoms with van der Waals surface area (Å²) in [6.45, 7) is 5.10. The largest absolute Gasteiger partial charge is 0.485 e. The zero-order valence-corrected chi connectivity index (χ0v) is 18.3. The van der Waals surface area contributed by atoms with E-state index in [0.717, 1.165) is 0 Å². The molecule has 0 bridgehead atoms. The predicted octanol–water partition coefficient (Wildman–Crippen LogP) is 1.26. The van der Waals surface area contributed by atoms with Gasteiger partial charge >= 0.3 is 5.97 Å². The number of hydrogen-bond acceptors (Lipinski definition) is 8.